The molecule has 2 unspecified atom stereocenters. The number of thioether (sulfide) groups is 2. The summed E-state index contributed by atoms with van der Waals surface area (Å²) in [7, 11) is -3.09. The highest BCUT2D eigenvalue weighted by Crippen LogP contribution is 2.49. The van der Waals surface area contributed by atoms with Crippen molar-refractivity contribution >= 4 is 31.3 Å². The Morgan fingerprint density at radius 3 is 2.40 bits per heavy atom. The molecule has 1 heterocycles. The molecule has 4 nitrogen and oxygen atoms in total. The summed E-state index contributed by atoms with van der Waals surface area (Å²) >= 11 is 3.51. The number of hydrogen-bond donors (Lipinski definition) is 1. The first-order valence-corrected chi connectivity index (χ1v) is 8.57. The van der Waals surface area contributed by atoms with E-state index in [1.807, 2.05) is 13.8 Å². The monoisotopic (exact) mass is 271 g/mol. The molecule has 2 atom stereocenters. The summed E-state index contributed by atoms with van der Waals surface area (Å²) in [6, 6.07) is 0. The molecule has 1 fully saturated rings. The van der Waals surface area contributed by atoms with Gasteiger partial charge in [0.15, 0.2) is 0 Å². The summed E-state index contributed by atoms with van der Waals surface area (Å²) in [6.07, 6.45) is 0. The van der Waals surface area contributed by atoms with Gasteiger partial charge in [-0.3, -0.25) is 9.05 Å². The highest BCUT2D eigenvalue weighted by molar-refractivity contribution is 8.20. The molecule has 0 aromatic carbocycles. The van der Waals surface area contributed by atoms with Crippen LogP contribution in [0.2, 0.25) is 0 Å². The van der Waals surface area contributed by atoms with E-state index in [1.54, 1.807) is 23.5 Å². The van der Waals surface area contributed by atoms with Crippen molar-refractivity contribution in [1.82, 2.24) is 5.09 Å². The Labute approximate surface area is 99.8 Å². The molecule has 0 spiro atoms. The van der Waals surface area contributed by atoms with Crippen molar-refractivity contribution in [3.8, 4) is 0 Å². The Morgan fingerprint density at radius 1 is 1.40 bits per heavy atom. The van der Waals surface area contributed by atoms with Gasteiger partial charge in [0, 0.05) is 11.0 Å². The number of rotatable bonds is 6. The van der Waals surface area contributed by atoms with Crippen LogP contribution in [-0.2, 0) is 13.6 Å². The first kappa shape index (κ1) is 13.9. The van der Waals surface area contributed by atoms with Crippen LogP contribution in [0.15, 0.2) is 0 Å². The third-order valence-corrected chi connectivity index (χ3v) is 6.88. The Bertz CT molecular complexity index is 232. The summed E-state index contributed by atoms with van der Waals surface area (Å²) in [5.41, 5.74) is 0. The highest BCUT2D eigenvalue weighted by atomic mass is 32.2. The number of nitrogens with one attached hydrogen (secondary N) is 1. The van der Waals surface area contributed by atoms with Gasteiger partial charge in [0.05, 0.1) is 13.2 Å². The maximum absolute atomic E-state index is 12.1. The van der Waals surface area contributed by atoms with Gasteiger partial charge >= 0.3 is 7.75 Å². The maximum atomic E-state index is 12.1. The zero-order chi connectivity index (χ0) is 11.3. The van der Waals surface area contributed by atoms with Gasteiger partial charge in [-0.05, 0) is 13.8 Å². The Kier molecular flexibility index (Phi) is 6.03. The van der Waals surface area contributed by atoms with Crippen molar-refractivity contribution in [1.29, 1.82) is 0 Å². The quantitative estimate of drug-likeness (QED) is 0.750. The molecule has 0 aliphatic carbocycles. The first-order chi connectivity index (χ1) is 7.09. The van der Waals surface area contributed by atoms with Crippen LogP contribution in [-0.4, -0.2) is 28.9 Å². The molecular weight excluding hydrogens is 253 g/mol. The Hall–Kier alpha value is 0.810. The van der Waals surface area contributed by atoms with E-state index in [9.17, 15) is 4.57 Å². The largest absolute Gasteiger partial charge is 0.407 e. The SMILES string of the molecule is CCOP(=O)(NC1SCC(C)S1)OCC. The molecule has 1 rings (SSSR count). The zero-order valence-corrected chi connectivity index (χ0v) is 11.8. The van der Waals surface area contributed by atoms with Crippen LogP contribution >= 0.6 is 31.3 Å². The fraction of sp³-hybridized carbons (Fsp3) is 1.00. The van der Waals surface area contributed by atoms with Crippen molar-refractivity contribution in [2.45, 2.75) is 30.7 Å². The lowest BCUT2D eigenvalue weighted by Crippen LogP contribution is -2.21. The second-order valence-corrected chi connectivity index (χ2v) is 7.83. The third kappa shape index (κ3) is 4.67. The van der Waals surface area contributed by atoms with E-state index in [0.717, 1.165) is 5.75 Å². The molecule has 0 bridgehead atoms. The molecule has 0 amide bonds. The van der Waals surface area contributed by atoms with Gasteiger partial charge in [-0.25, -0.2) is 9.65 Å². The molecule has 15 heavy (non-hydrogen) atoms. The Balaban J connectivity index is 2.47. The zero-order valence-electron chi connectivity index (χ0n) is 9.26. The molecule has 90 valence electrons. The van der Waals surface area contributed by atoms with Crippen molar-refractivity contribution in [3.63, 3.8) is 0 Å². The fourth-order valence-corrected chi connectivity index (χ4v) is 6.18. The minimum absolute atomic E-state index is 0.115. The lowest BCUT2D eigenvalue weighted by molar-refractivity contribution is 0.212. The first-order valence-electron chi connectivity index (χ1n) is 5.03. The predicted molar refractivity (Wildman–Crippen MR) is 67.3 cm³/mol. The van der Waals surface area contributed by atoms with Crippen molar-refractivity contribution in [3.05, 3.63) is 0 Å². The molecule has 1 N–H and O–H groups in total. The van der Waals surface area contributed by atoms with E-state index in [2.05, 4.69) is 12.0 Å². The van der Waals surface area contributed by atoms with Crippen LogP contribution in [0.5, 0.6) is 0 Å². The molecule has 0 radical (unpaired) electrons. The van der Waals surface area contributed by atoms with Crippen molar-refractivity contribution in [2.75, 3.05) is 19.0 Å². The summed E-state index contributed by atoms with van der Waals surface area (Å²) in [5, 5.41) is 3.55. The second-order valence-electron chi connectivity index (χ2n) is 3.07. The van der Waals surface area contributed by atoms with Gasteiger partial charge in [0.1, 0.15) is 4.71 Å². The molecular formula is C8H18NO3PS2. The second kappa shape index (κ2) is 6.52. The van der Waals surface area contributed by atoms with Gasteiger partial charge in [-0.1, -0.05) is 6.92 Å². The summed E-state index contributed by atoms with van der Waals surface area (Å²) in [5.74, 6) is 1.07. The van der Waals surface area contributed by atoms with E-state index in [1.165, 1.54) is 0 Å². The smallest absolute Gasteiger partial charge is 0.297 e. The summed E-state index contributed by atoms with van der Waals surface area (Å²) in [6.45, 7) is 6.56. The fourth-order valence-electron chi connectivity index (χ4n) is 1.16. The van der Waals surface area contributed by atoms with Crippen LogP contribution in [0.1, 0.15) is 20.8 Å². The summed E-state index contributed by atoms with van der Waals surface area (Å²) < 4.78 is 22.5. The average molecular weight is 271 g/mol. The van der Waals surface area contributed by atoms with E-state index >= 15 is 0 Å². The van der Waals surface area contributed by atoms with Crippen LogP contribution in [0, 0.1) is 0 Å². The van der Waals surface area contributed by atoms with Gasteiger partial charge in [0.2, 0.25) is 0 Å². The lowest BCUT2D eigenvalue weighted by Gasteiger charge is -2.20. The van der Waals surface area contributed by atoms with Crippen LogP contribution < -0.4 is 5.09 Å². The third-order valence-electron chi connectivity index (χ3n) is 1.70. The average Bonchev–Trinajstić information content (AvgIpc) is 2.51. The molecule has 7 heteroatoms. The van der Waals surface area contributed by atoms with E-state index < -0.39 is 7.75 Å². The van der Waals surface area contributed by atoms with Crippen molar-refractivity contribution in [2.24, 2.45) is 0 Å². The minimum atomic E-state index is -3.09. The van der Waals surface area contributed by atoms with E-state index in [-0.39, 0.29) is 4.71 Å². The van der Waals surface area contributed by atoms with E-state index in [0.29, 0.717) is 18.5 Å². The van der Waals surface area contributed by atoms with Gasteiger partial charge < -0.3 is 0 Å². The lowest BCUT2D eigenvalue weighted by atomic mass is 10.6. The number of hydrogen-bond acceptors (Lipinski definition) is 5. The normalized spacial score (nSPS) is 27.1. The van der Waals surface area contributed by atoms with Crippen LogP contribution in [0.25, 0.3) is 0 Å². The molecule has 0 saturated carbocycles. The molecule has 0 aromatic heterocycles. The predicted octanol–water partition coefficient (Wildman–Crippen LogP) is 2.91. The molecule has 0 aromatic rings. The molecule has 1 aliphatic rings. The van der Waals surface area contributed by atoms with Crippen molar-refractivity contribution < 1.29 is 13.6 Å². The topological polar surface area (TPSA) is 47.6 Å². The maximum Gasteiger partial charge on any atom is 0.407 e. The molecule has 1 aliphatic heterocycles. The molecule has 1 saturated heterocycles. The standard InChI is InChI=1S/C8H18NO3PS2/c1-4-11-13(10,12-5-2)9-8-14-6-7(3)15-8/h7-8H,4-6H2,1-3H3,(H,9,10). The van der Waals surface area contributed by atoms with E-state index in [4.69, 9.17) is 9.05 Å². The van der Waals surface area contributed by atoms with Gasteiger partial charge in [-0.15, -0.1) is 23.5 Å². The van der Waals surface area contributed by atoms with Gasteiger partial charge in [0.25, 0.3) is 0 Å². The minimum Gasteiger partial charge on any atom is -0.297 e. The highest BCUT2D eigenvalue weighted by Gasteiger charge is 2.32. The van der Waals surface area contributed by atoms with Gasteiger partial charge in [-0.2, -0.15) is 0 Å². The Morgan fingerprint density at radius 2 is 2.00 bits per heavy atom. The summed E-state index contributed by atoms with van der Waals surface area (Å²) in [4.78, 5) is 0. The van der Waals surface area contributed by atoms with Crippen LogP contribution in [0.3, 0.4) is 0 Å². The van der Waals surface area contributed by atoms with Crippen LogP contribution in [0.4, 0.5) is 0 Å².